The van der Waals surface area contributed by atoms with Gasteiger partial charge in [0.1, 0.15) is 0 Å². The normalized spacial score (nSPS) is 10.3. The maximum absolute atomic E-state index is 13.0. The van der Waals surface area contributed by atoms with Crippen LogP contribution in [0.5, 0.6) is 0 Å². The molecule has 0 aliphatic heterocycles. The monoisotopic (exact) mass is 311 g/mol. The first-order chi connectivity index (χ1) is 9.88. The van der Waals surface area contributed by atoms with Crippen LogP contribution < -0.4 is 10.8 Å². The first kappa shape index (κ1) is 15.4. The molecule has 0 atom stereocenters. The van der Waals surface area contributed by atoms with Crippen LogP contribution in [0, 0.1) is 11.6 Å². The summed E-state index contributed by atoms with van der Waals surface area (Å²) in [7, 11) is -1.75. The summed E-state index contributed by atoms with van der Waals surface area (Å²) in [5.74, 6) is -2.69. The molecule has 1 amide bonds. The predicted octanol–water partition coefficient (Wildman–Crippen LogP) is 1.55. The number of carbonyl (C=O) groups excluding carboxylic acids is 1. The number of anilines is 1. The van der Waals surface area contributed by atoms with Crippen molar-refractivity contribution in [3.63, 3.8) is 0 Å². The SMILES string of the molecule is O=C(Nc1ccc(F)c(F)c1)c1ccc(B(O)O)c(Cl)c1. The van der Waals surface area contributed by atoms with Crippen LogP contribution in [0.15, 0.2) is 36.4 Å². The summed E-state index contributed by atoms with van der Waals surface area (Å²) in [5, 5.41) is 20.4. The zero-order chi connectivity index (χ0) is 15.6. The Morgan fingerprint density at radius 2 is 1.81 bits per heavy atom. The molecule has 2 aromatic rings. The Hall–Kier alpha value is -1.96. The quantitative estimate of drug-likeness (QED) is 0.753. The highest BCUT2D eigenvalue weighted by Crippen LogP contribution is 2.15. The molecule has 108 valence electrons. The van der Waals surface area contributed by atoms with Crippen molar-refractivity contribution in [2.24, 2.45) is 0 Å². The van der Waals surface area contributed by atoms with Crippen LogP contribution in [0.2, 0.25) is 5.02 Å². The van der Waals surface area contributed by atoms with Crippen LogP contribution in [-0.4, -0.2) is 23.1 Å². The fraction of sp³-hybridized carbons (Fsp3) is 0. The highest BCUT2D eigenvalue weighted by molar-refractivity contribution is 6.62. The van der Waals surface area contributed by atoms with Crippen molar-refractivity contribution in [1.82, 2.24) is 0 Å². The van der Waals surface area contributed by atoms with Gasteiger partial charge in [0.05, 0.1) is 0 Å². The number of nitrogens with one attached hydrogen (secondary N) is 1. The number of hydrogen-bond acceptors (Lipinski definition) is 3. The van der Waals surface area contributed by atoms with Gasteiger partial charge in [0, 0.05) is 27.8 Å². The number of halogens is 3. The molecule has 2 aromatic carbocycles. The summed E-state index contributed by atoms with van der Waals surface area (Å²) in [5.41, 5.74) is 0.275. The summed E-state index contributed by atoms with van der Waals surface area (Å²) in [4.78, 5) is 11.9. The number of hydrogen-bond donors (Lipinski definition) is 3. The smallest absolute Gasteiger partial charge is 0.423 e. The van der Waals surface area contributed by atoms with Crippen LogP contribution >= 0.6 is 11.6 Å². The number of rotatable bonds is 3. The summed E-state index contributed by atoms with van der Waals surface area (Å²) in [6, 6.07) is 6.81. The van der Waals surface area contributed by atoms with E-state index in [4.69, 9.17) is 21.6 Å². The molecule has 0 heterocycles. The summed E-state index contributed by atoms with van der Waals surface area (Å²) in [6.07, 6.45) is 0. The zero-order valence-electron chi connectivity index (χ0n) is 10.5. The third-order valence-electron chi connectivity index (χ3n) is 2.72. The van der Waals surface area contributed by atoms with Gasteiger partial charge in [0.15, 0.2) is 11.6 Å². The van der Waals surface area contributed by atoms with E-state index in [-0.39, 0.29) is 21.7 Å². The molecule has 3 N–H and O–H groups in total. The van der Waals surface area contributed by atoms with Crippen LogP contribution in [0.3, 0.4) is 0 Å². The van der Waals surface area contributed by atoms with Gasteiger partial charge in [-0.1, -0.05) is 17.7 Å². The Bertz CT molecular complexity index is 697. The summed E-state index contributed by atoms with van der Waals surface area (Å²) < 4.78 is 25.8. The molecule has 0 fully saturated rings. The Balaban J connectivity index is 2.20. The van der Waals surface area contributed by atoms with E-state index in [0.717, 1.165) is 12.1 Å². The second kappa shape index (κ2) is 6.21. The van der Waals surface area contributed by atoms with E-state index < -0.39 is 24.7 Å². The van der Waals surface area contributed by atoms with E-state index in [0.29, 0.717) is 0 Å². The molecule has 2 rings (SSSR count). The van der Waals surface area contributed by atoms with Crippen LogP contribution in [0.4, 0.5) is 14.5 Å². The van der Waals surface area contributed by atoms with Gasteiger partial charge in [-0.15, -0.1) is 0 Å². The molecule has 0 unspecified atom stereocenters. The minimum Gasteiger partial charge on any atom is -0.423 e. The molecule has 0 spiro atoms. The molecule has 0 aliphatic rings. The Labute approximate surface area is 124 Å². The molecular weight excluding hydrogens is 302 g/mol. The lowest BCUT2D eigenvalue weighted by atomic mass is 9.80. The van der Waals surface area contributed by atoms with Crippen molar-refractivity contribution >= 4 is 35.8 Å². The maximum atomic E-state index is 13.0. The van der Waals surface area contributed by atoms with Gasteiger partial charge >= 0.3 is 7.12 Å². The summed E-state index contributed by atoms with van der Waals surface area (Å²) >= 11 is 5.81. The lowest BCUT2D eigenvalue weighted by Gasteiger charge is -2.08. The molecule has 0 bridgehead atoms. The fourth-order valence-electron chi connectivity index (χ4n) is 1.65. The van der Waals surface area contributed by atoms with Gasteiger partial charge in [-0.3, -0.25) is 4.79 Å². The number of carbonyl (C=O) groups is 1. The average Bonchev–Trinajstić information content (AvgIpc) is 2.42. The molecule has 0 saturated heterocycles. The molecule has 4 nitrogen and oxygen atoms in total. The summed E-state index contributed by atoms with van der Waals surface area (Å²) in [6.45, 7) is 0. The number of benzene rings is 2. The predicted molar refractivity (Wildman–Crippen MR) is 75.6 cm³/mol. The van der Waals surface area contributed by atoms with Gasteiger partial charge in [0.2, 0.25) is 0 Å². The minimum absolute atomic E-state index is 0.00272. The molecule has 0 aliphatic carbocycles. The van der Waals surface area contributed by atoms with Crippen molar-refractivity contribution in [3.8, 4) is 0 Å². The van der Waals surface area contributed by atoms with Crippen molar-refractivity contribution in [3.05, 3.63) is 58.6 Å². The first-order valence-electron chi connectivity index (χ1n) is 5.80. The molecular formula is C13H9BClF2NO3. The van der Waals surface area contributed by atoms with Gasteiger partial charge in [-0.05, 0) is 24.3 Å². The maximum Gasteiger partial charge on any atom is 0.489 e. The van der Waals surface area contributed by atoms with E-state index in [9.17, 15) is 13.6 Å². The third kappa shape index (κ3) is 3.58. The van der Waals surface area contributed by atoms with E-state index >= 15 is 0 Å². The third-order valence-corrected chi connectivity index (χ3v) is 3.05. The van der Waals surface area contributed by atoms with Crippen LogP contribution in [0.1, 0.15) is 10.4 Å². The van der Waals surface area contributed by atoms with Gasteiger partial charge in [-0.25, -0.2) is 8.78 Å². The first-order valence-corrected chi connectivity index (χ1v) is 6.18. The van der Waals surface area contributed by atoms with Crippen LogP contribution in [0.25, 0.3) is 0 Å². The number of amides is 1. The van der Waals surface area contributed by atoms with Crippen LogP contribution in [-0.2, 0) is 0 Å². The Morgan fingerprint density at radius 1 is 1.10 bits per heavy atom. The van der Waals surface area contributed by atoms with E-state index in [1.807, 2.05) is 0 Å². The molecule has 0 saturated carbocycles. The topological polar surface area (TPSA) is 69.6 Å². The van der Waals surface area contributed by atoms with E-state index in [1.165, 1.54) is 24.3 Å². The molecule has 21 heavy (non-hydrogen) atoms. The van der Waals surface area contributed by atoms with Crippen molar-refractivity contribution in [2.75, 3.05) is 5.32 Å². The minimum atomic E-state index is -1.75. The van der Waals surface area contributed by atoms with Gasteiger partial charge < -0.3 is 15.4 Å². The zero-order valence-corrected chi connectivity index (χ0v) is 11.2. The average molecular weight is 311 g/mol. The van der Waals surface area contributed by atoms with Gasteiger partial charge in [0.25, 0.3) is 5.91 Å². The van der Waals surface area contributed by atoms with Crippen molar-refractivity contribution in [1.29, 1.82) is 0 Å². The second-order valence-corrected chi connectivity index (χ2v) is 4.60. The van der Waals surface area contributed by atoms with Gasteiger partial charge in [-0.2, -0.15) is 0 Å². The Kier molecular flexibility index (Phi) is 4.57. The highest BCUT2D eigenvalue weighted by atomic mass is 35.5. The van der Waals surface area contributed by atoms with E-state index in [1.54, 1.807) is 0 Å². The van der Waals surface area contributed by atoms with Crippen molar-refractivity contribution in [2.45, 2.75) is 0 Å². The Morgan fingerprint density at radius 3 is 2.38 bits per heavy atom. The van der Waals surface area contributed by atoms with Crippen molar-refractivity contribution < 1.29 is 23.6 Å². The fourth-order valence-corrected chi connectivity index (χ4v) is 1.93. The molecule has 8 heteroatoms. The highest BCUT2D eigenvalue weighted by Gasteiger charge is 2.17. The lowest BCUT2D eigenvalue weighted by molar-refractivity contribution is 0.102. The molecule has 0 aromatic heterocycles. The lowest BCUT2D eigenvalue weighted by Crippen LogP contribution is -2.31. The van der Waals surface area contributed by atoms with E-state index in [2.05, 4.69) is 5.32 Å². The second-order valence-electron chi connectivity index (χ2n) is 4.19. The largest absolute Gasteiger partial charge is 0.489 e. The molecule has 0 radical (unpaired) electrons. The standard InChI is InChI=1S/C13H9BClF2NO3/c15-10-5-7(1-3-9(10)14(20)21)13(19)18-8-2-4-11(16)12(17)6-8/h1-6,20-21H,(H,18,19).